The highest BCUT2D eigenvalue weighted by Crippen LogP contribution is 2.40. The average molecular weight is 465 g/mol. The molecule has 6 rings (SSSR count). The summed E-state index contributed by atoms with van der Waals surface area (Å²) in [6, 6.07) is 14.3. The van der Waals surface area contributed by atoms with Gasteiger partial charge in [0.2, 0.25) is 0 Å². The van der Waals surface area contributed by atoms with Crippen LogP contribution in [0.2, 0.25) is 0 Å². The molecule has 4 aromatic heterocycles. The predicted octanol–water partition coefficient (Wildman–Crippen LogP) is 5.68. The molecule has 0 aliphatic carbocycles. The lowest BCUT2D eigenvalue weighted by molar-refractivity contribution is 0.393. The van der Waals surface area contributed by atoms with Crippen LogP contribution in [0.1, 0.15) is 28.5 Å². The van der Waals surface area contributed by atoms with Crippen molar-refractivity contribution in [2.45, 2.75) is 27.2 Å². The van der Waals surface area contributed by atoms with Crippen molar-refractivity contribution in [3.05, 3.63) is 77.2 Å². The van der Waals surface area contributed by atoms with Gasteiger partial charge in [0.25, 0.3) is 0 Å². The first kappa shape index (κ1) is 21.1. The molecule has 0 fully saturated rings. The van der Waals surface area contributed by atoms with Gasteiger partial charge in [0.05, 0.1) is 36.0 Å². The molecular weight excluding hydrogens is 440 g/mol. The highest BCUT2D eigenvalue weighted by atomic mass is 16.5. The summed E-state index contributed by atoms with van der Waals surface area (Å²) in [5.41, 5.74) is 8.53. The summed E-state index contributed by atoms with van der Waals surface area (Å²) in [5, 5.41) is 13.6. The molecule has 0 spiro atoms. The van der Waals surface area contributed by atoms with Gasteiger partial charge in [0.15, 0.2) is 0 Å². The summed E-state index contributed by atoms with van der Waals surface area (Å²) in [4.78, 5) is 13.1. The van der Waals surface area contributed by atoms with Crippen LogP contribution in [0, 0.1) is 20.8 Å². The SMILES string of the molecule is COc1cc2c(cc1-c1c(C)noc1C)[nH]c1nc(C)nc(Cc3cn[nH]c3-c3ccccc3)c12. The van der Waals surface area contributed by atoms with Gasteiger partial charge in [-0.3, -0.25) is 5.10 Å². The minimum Gasteiger partial charge on any atom is -0.496 e. The Morgan fingerprint density at radius 2 is 1.86 bits per heavy atom. The van der Waals surface area contributed by atoms with Gasteiger partial charge >= 0.3 is 0 Å². The van der Waals surface area contributed by atoms with Gasteiger partial charge in [-0.25, -0.2) is 9.97 Å². The molecule has 174 valence electrons. The molecule has 8 heteroatoms. The second-order valence-corrected chi connectivity index (χ2v) is 8.68. The molecule has 0 radical (unpaired) electrons. The molecule has 0 saturated heterocycles. The van der Waals surface area contributed by atoms with Crippen LogP contribution in [0.25, 0.3) is 44.3 Å². The fourth-order valence-corrected chi connectivity index (χ4v) is 4.86. The number of aromatic nitrogens is 6. The topological polar surface area (TPSA) is 106 Å². The van der Waals surface area contributed by atoms with Crippen LogP contribution in [0.4, 0.5) is 0 Å². The number of rotatable bonds is 5. The van der Waals surface area contributed by atoms with E-state index in [4.69, 9.17) is 19.2 Å². The number of hydrogen-bond acceptors (Lipinski definition) is 6. The largest absolute Gasteiger partial charge is 0.496 e. The Balaban J connectivity index is 1.54. The number of aryl methyl sites for hydroxylation is 3. The number of aromatic amines is 2. The maximum atomic E-state index is 5.81. The van der Waals surface area contributed by atoms with E-state index in [0.29, 0.717) is 12.2 Å². The number of ether oxygens (including phenoxy) is 1. The Kier molecular flexibility index (Phi) is 4.88. The van der Waals surface area contributed by atoms with Crippen LogP contribution in [0.3, 0.4) is 0 Å². The monoisotopic (exact) mass is 464 g/mol. The van der Waals surface area contributed by atoms with Gasteiger partial charge in [-0.05, 0) is 38.5 Å². The van der Waals surface area contributed by atoms with Gasteiger partial charge in [-0.2, -0.15) is 5.10 Å². The van der Waals surface area contributed by atoms with E-state index < -0.39 is 0 Å². The highest BCUT2D eigenvalue weighted by molar-refractivity contribution is 6.09. The second-order valence-electron chi connectivity index (χ2n) is 8.68. The van der Waals surface area contributed by atoms with E-state index in [1.807, 2.05) is 51.2 Å². The van der Waals surface area contributed by atoms with Gasteiger partial charge in [-0.15, -0.1) is 0 Å². The van der Waals surface area contributed by atoms with E-state index in [1.165, 1.54) is 0 Å². The van der Waals surface area contributed by atoms with Gasteiger partial charge in [-0.1, -0.05) is 35.5 Å². The van der Waals surface area contributed by atoms with Crippen LogP contribution in [0.5, 0.6) is 5.75 Å². The zero-order valence-electron chi connectivity index (χ0n) is 19.9. The zero-order valence-corrected chi connectivity index (χ0v) is 19.9. The molecule has 0 amide bonds. The molecule has 35 heavy (non-hydrogen) atoms. The Labute approximate surface area is 201 Å². The minimum atomic E-state index is 0.613. The van der Waals surface area contributed by atoms with E-state index in [-0.39, 0.29) is 0 Å². The van der Waals surface area contributed by atoms with Crippen LogP contribution in [-0.4, -0.2) is 37.4 Å². The van der Waals surface area contributed by atoms with Crippen LogP contribution < -0.4 is 4.74 Å². The third-order valence-corrected chi connectivity index (χ3v) is 6.40. The summed E-state index contributed by atoms with van der Waals surface area (Å²) < 4.78 is 11.2. The van der Waals surface area contributed by atoms with Gasteiger partial charge < -0.3 is 14.2 Å². The van der Waals surface area contributed by atoms with E-state index >= 15 is 0 Å². The predicted molar refractivity (Wildman–Crippen MR) is 134 cm³/mol. The van der Waals surface area contributed by atoms with E-state index in [2.05, 4.69) is 38.5 Å². The van der Waals surface area contributed by atoms with Crippen LogP contribution in [0.15, 0.2) is 53.2 Å². The Morgan fingerprint density at radius 1 is 1.03 bits per heavy atom. The van der Waals surface area contributed by atoms with Crippen LogP contribution >= 0.6 is 0 Å². The van der Waals surface area contributed by atoms with Gasteiger partial charge in [0.1, 0.15) is 23.0 Å². The lowest BCUT2D eigenvalue weighted by atomic mass is 9.99. The van der Waals surface area contributed by atoms with Crippen molar-refractivity contribution in [1.82, 2.24) is 30.3 Å². The molecule has 2 N–H and O–H groups in total. The summed E-state index contributed by atoms with van der Waals surface area (Å²) in [7, 11) is 1.68. The zero-order chi connectivity index (χ0) is 24.1. The summed E-state index contributed by atoms with van der Waals surface area (Å²) in [5.74, 6) is 2.20. The third kappa shape index (κ3) is 3.45. The van der Waals surface area contributed by atoms with E-state index in [9.17, 15) is 0 Å². The average Bonchev–Trinajstić information content (AvgIpc) is 3.55. The molecule has 0 atom stereocenters. The van der Waals surface area contributed by atoms with Crippen molar-refractivity contribution >= 4 is 21.9 Å². The van der Waals surface area contributed by atoms with Gasteiger partial charge in [0, 0.05) is 33.8 Å². The normalized spacial score (nSPS) is 11.5. The smallest absolute Gasteiger partial charge is 0.142 e. The second kappa shape index (κ2) is 8.09. The summed E-state index contributed by atoms with van der Waals surface area (Å²) >= 11 is 0. The summed E-state index contributed by atoms with van der Waals surface area (Å²) in [6.45, 7) is 5.76. The van der Waals surface area contributed by atoms with Crippen molar-refractivity contribution in [3.8, 4) is 28.1 Å². The molecule has 0 unspecified atom stereocenters. The first-order chi connectivity index (χ1) is 17.0. The number of hydrogen-bond donors (Lipinski definition) is 2. The first-order valence-electron chi connectivity index (χ1n) is 11.4. The quantitative estimate of drug-likeness (QED) is 0.340. The molecule has 0 aliphatic rings. The van der Waals surface area contributed by atoms with Crippen molar-refractivity contribution in [3.63, 3.8) is 0 Å². The number of benzene rings is 2. The standard InChI is InChI=1S/C27H24N6O2/c1-14-24(15(2)35-33-14)20-11-21-19(12-23(20)34-4)25-22(29-16(3)30-27(25)31-21)10-18-13-28-32-26(18)17-8-6-5-7-9-17/h5-9,11-13H,10H2,1-4H3,(H,28,32)(H,29,30,31). The highest BCUT2D eigenvalue weighted by Gasteiger charge is 2.21. The Morgan fingerprint density at radius 3 is 2.60 bits per heavy atom. The summed E-state index contributed by atoms with van der Waals surface area (Å²) in [6.07, 6.45) is 2.48. The molecular formula is C27H24N6O2. The maximum Gasteiger partial charge on any atom is 0.142 e. The number of nitrogens with one attached hydrogen (secondary N) is 2. The lowest BCUT2D eigenvalue weighted by Gasteiger charge is -2.10. The number of nitrogens with zero attached hydrogens (tertiary/aromatic N) is 4. The lowest BCUT2D eigenvalue weighted by Crippen LogP contribution is -1.99. The molecule has 0 aliphatic heterocycles. The molecule has 0 saturated carbocycles. The number of H-pyrrole nitrogens is 2. The number of methoxy groups -OCH3 is 1. The third-order valence-electron chi connectivity index (χ3n) is 6.40. The van der Waals surface area contributed by atoms with Crippen molar-refractivity contribution in [2.24, 2.45) is 0 Å². The fraction of sp³-hybridized carbons (Fsp3) is 0.185. The molecule has 6 aromatic rings. The Hall–Kier alpha value is -4.46. The first-order valence-corrected chi connectivity index (χ1v) is 11.4. The fourth-order valence-electron chi connectivity index (χ4n) is 4.86. The van der Waals surface area contributed by atoms with E-state index in [0.717, 1.165) is 72.8 Å². The molecule has 4 heterocycles. The van der Waals surface area contributed by atoms with Crippen molar-refractivity contribution in [2.75, 3.05) is 7.11 Å². The molecule has 2 aromatic carbocycles. The van der Waals surface area contributed by atoms with Crippen molar-refractivity contribution in [1.29, 1.82) is 0 Å². The van der Waals surface area contributed by atoms with E-state index in [1.54, 1.807) is 7.11 Å². The molecule has 8 nitrogen and oxygen atoms in total. The maximum absolute atomic E-state index is 5.81. The van der Waals surface area contributed by atoms with Crippen LogP contribution in [-0.2, 0) is 6.42 Å². The van der Waals surface area contributed by atoms with Crippen molar-refractivity contribution < 1.29 is 9.26 Å². The minimum absolute atomic E-state index is 0.613. The molecule has 0 bridgehead atoms. The Bertz CT molecular complexity index is 1670. The number of fused-ring (bicyclic) bond motifs is 3.